The maximum absolute atomic E-state index is 5.97. The van der Waals surface area contributed by atoms with Gasteiger partial charge in [0.2, 0.25) is 0 Å². The third-order valence-electron chi connectivity index (χ3n) is 2.17. The Balaban J connectivity index is 2.24. The first kappa shape index (κ1) is 11.9. The average molecular weight is 270 g/mol. The second-order valence-corrected chi connectivity index (χ2v) is 6.01. The van der Waals surface area contributed by atoms with E-state index in [1.807, 2.05) is 12.1 Å². The molecule has 1 nitrogen and oxygen atoms in total. The molecule has 2 rings (SSSR count). The Morgan fingerprint density at radius 1 is 1.38 bits per heavy atom. The van der Waals surface area contributed by atoms with Gasteiger partial charge in [-0.25, -0.2) is 0 Å². The fourth-order valence-corrected chi connectivity index (χ4v) is 3.53. The molecule has 4 heteroatoms. The Morgan fingerprint density at radius 2 is 2.25 bits per heavy atom. The molecule has 0 fully saturated rings. The van der Waals surface area contributed by atoms with Gasteiger partial charge in [-0.3, -0.25) is 0 Å². The van der Waals surface area contributed by atoms with Crippen molar-refractivity contribution >= 4 is 34.3 Å². The second kappa shape index (κ2) is 5.64. The van der Waals surface area contributed by atoms with Crippen molar-refractivity contribution in [3.63, 3.8) is 0 Å². The zero-order valence-corrected chi connectivity index (χ0v) is 11.0. The normalized spacial score (nSPS) is 12.6. The van der Waals surface area contributed by atoms with Crippen molar-refractivity contribution in [1.82, 2.24) is 5.32 Å². The van der Waals surface area contributed by atoms with E-state index in [9.17, 15) is 0 Å². The van der Waals surface area contributed by atoms with Crippen molar-refractivity contribution < 1.29 is 0 Å². The molecule has 2 aromatic heterocycles. The number of hydrogen-bond acceptors (Lipinski definition) is 3. The Kier molecular flexibility index (Phi) is 4.18. The van der Waals surface area contributed by atoms with Gasteiger partial charge in [0.1, 0.15) is 0 Å². The maximum atomic E-state index is 5.97. The van der Waals surface area contributed by atoms with Crippen LogP contribution in [0.2, 0.25) is 4.34 Å². The summed E-state index contributed by atoms with van der Waals surface area (Å²) in [6, 6.07) is 8.46. The van der Waals surface area contributed by atoms with Crippen LogP contribution in [0.3, 0.4) is 0 Å². The second-order valence-electron chi connectivity index (χ2n) is 3.29. The lowest BCUT2D eigenvalue weighted by atomic mass is 10.2. The summed E-state index contributed by atoms with van der Waals surface area (Å²) in [5.41, 5.74) is 0. The molecular weight excluding hydrogens is 258 g/mol. The summed E-state index contributed by atoms with van der Waals surface area (Å²) in [5, 5.41) is 5.54. The summed E-state index contributed by atoms with van der Waals surface area (Å²) in [5.74, 6) is 0. The average Bonchev–Trinajstić information content (AvgIpc) is 2.91. The lowest BCUT2D eigenvalue weighted by molar-refractivity contribution is 0.673. The Bertz CT molecular complexity index is 447. The molecule has 0 aliphatic heterocycles. The summed E-state index contributed by atoms with van der Waals surface area (Å²) in [4.78, 5) is 2.55. The molecule has 16 heavy (non-hydrogen) atoms. The standard InChI is InChI=1S/C12H12ClNS2/c1-2-7-14-12(9-4-3-8-15-9)10-5-6-11(13)16-10/h2-6,8,12,14H,1,7H2. The summed E-state index contributed by atoms with van der Waals surface area (Å²) in [6.45, 7) is 4.52. The Morgan fingerprint density at radius 3 is 2.81 bits per heavy atom. The van der Waals surface area contributed by atoms with Crippen LogP contribution in [-0.2, 0) is 0 Å². The molecule has 0 aliphatic rings. The molecule has 0 saturated heterocycles. The van der Waals surface area contributed by atoms with Crippen LogP contribution in [-0.4, -0.2) is 6.54 Å². The van der Waals surface area contributed by atoms with Crippen LogP contribution < -0.4 is 5.32 Å². The molecule has 2 aromatic rings. The van der Waals surface area contributed by atoms with Gasteiger partial charge in [-0.2, -0.15) is 0 Å². The molecule has 0 saturated carbocycles. The van der Waals surface area contributed by atoms with Crippen molar-refractivity contribution in [1.29, 1.82) is 0 Å². The predicted molar refractivity (Wildman–Crippen MR) is 73.7 cm³/mol. The highest BCUT2D eigenvalue weighted by Gasteiger charge is 2.15. The third-order valence-corrected chi connectivity index (χ3v) is 4.41. The van der Waals surface area contributed by atoms with Crippen molar-refractivity contribution in [2.45, 2.75) is 6.04 Å². The number of thiophene rings is 2. The van der Waals surface area contributed by atoms with E-state index in [1.54, 1.807) is 22.7 Å². The first-order valence-corrected chi connectivity index (χ1v) is 7.01. The van der Waals surface area contributed by atoms with E-state index < -0.39 is 0 Å². The van der Waals surface area contributed by atoms with Crippen LogP contribution in [0.4, 0.5) is 0 Å². The zero-order chi connectivity index (χ0) is 11.4. The van der Waals surface area contributed by atoms with Gasteiger partial charge in [0.15, 0.2) is 0 Å². The minimum Gasteiger partial charge on any atom is -0.301 e. The lowest BCUT2D eigenvalue weighted by Crippen LogP contribution is -2.20. The molecule has 0 bridgehead atoms. The topological polar surface area (TPSA) is 12.0 Å². The Labute approximate surface area is 108 Å². The van der Waals surface area contributed by atoms with Gasteiger partial charge in [-0.1, -0.05) is 23.7 Å². The molecule has 1 atom stereocenters. The highest BCUT2D eigenvalue weighted by Crippen LogP contribution is 2.32. The van der Waals surface area contributed by atoms with Gasteiger partial charge >= 0.3 is 0 Å². The van der Waals surface area contributed by atoms with E-state index in [4.69, 9.17) is 11.6 Å². The fraction of sp³-hybridized carbons (Fsp3) is 0.167. The molecule has 0 amide bonds. The molecule has 2 heterocycles. The first-order valence-electron chi connectivity index (χ1n) is 4.94. The van der Waals surface area contributed by atoms with Crippen LogP contribution >= 0.6 is 34.3 Å². The smallest absolute Gasteiger partial charge is 0.0931 e. The third kappa shape index (κ3) is 2.74. The maximum Gasteiger partial charge on any atom is 0.0931 e. The van der Waals surface area contributed by atoms with Crippen LogP contribution in [0.1, 0.15) is 15.8 Å². The van der Waals surface area contributed by atoms with Crippen molar-refractivity contribution in [3.8, 4) is 0 Å². The van der Waals surface area contributed by atoms with E-state index >= 15 is 0 Å². The summed E-state index contributed by atoms with van der Waals surface area (Å²) < 4.78 is 0.831. The highest BCUT2D eigenvalue weighted by molar-refractivity contribution is 7.16. The molecule has 0 aromatic carbocycles. The molecule has 0 radical (unpaired) electrons. The van der Waals surface area contributed by atoms with E-state index in [-0.39, 0.29) is 6.04 Å². The molecule has 0 aliphatic carbocycles. The van der Waals surface area contributed by atoms with Gasteiger partial charge in [0.25, 0.3) is 0 Å². The van der Waals surface area contributed by atoms with Gasteiger partial charge in [0.05, 0.1) is 10.4 Å². The van der Waals surface area contributed by atoms with E-state index in [0.29, 0.717) is 0 Å². The highest BCUT2D eigenvalue weighted by atomic mass is 35.5. The quantitative estimate of drug-likeness (QED) is 0.797. The van der Waals surface area contributed by atoms with Crippen molar-refractivity contribution in [3.05, 3.63) is 56.4 Å². The number of halogens is 1. The van der Waals surface area contributed by atoms with E-state index in [0.717, 1.165) is 10.9 Å². The molecule has 0 spiro atoms. The van der Waals surface area contributed by atoms with Gasteiger partial charge < -0.3 is 5.32 Å². The summed E-state index contributed by atoms with van der Waals surface area (Å²) in [7, 11) is 0. The fourth-order valence-electron chi connectivity index (χ4n) is 1.48. The number of hydrogen-bond donors (Lipinski definition) is 1. The monoisotopic (exact) mass is 269 g/mol. The molecule has 84 valence electrons. The molecule has 1 N–H and O–H groups in total. The minimum atomic E-state index is 0.232. The van der Waals surface area contributed by atoms with Gasteiger partial charge in [-0.05, 0) is 23.6 Å². The largest absolute Gasteiger partial charge is 0.301 e. The van der Waals surface area contributed by atoms with Crippen LogP contribution in [0, 0.1) is 0 Å². The van der Waals surface area contributed by atoms with Crippen LogP contribution in [0.25, 0.3) is 0 Å². The summed E-state index contributed by atoms with van der Waals surface area (Å²) in [6.07, 6.45) is 1.87. The Hall–Kier alpha value is -0.610. The van der Waals surface area contributed by atoms with E-state index in [1.165, 1.54) is 9.75 Å². The minimum absolute atomic E-state index is 0.232. The molecule has 1 unspecified atom stereocenters. The van der Waals surface area contributed by atoms with Gasteiger partial charge in [-0.15, -0.1) is 29.3 Å². The SMILES string of the molecule is C=CCNC(c1cccs1)c1ccc(Cl)s1. The first-order chi connectivity index (χ1) is 7.81. The number of nitrogens with one attached hydrogen (secondary N) is 1. The molecular formula is C12H12ClNS2. The van der Waals surface area contributed by atoms with Crippen molar-refractivity contribution in [2.24, 2.45) is 0 Å². The van der Waals surface area contributed by atoms with Crippen LogP contribution in [0.15, 0.2) is 42.3 Å². The van der Waals surface area contributed by atoms with Gasteiger partial charge in [0, 0.05) is 16.3 Å². The lowest BCUT2D eigenvalue weighted by Gasteiger charge is -2.14. The van der Waals surface area contributed by atoms with E-state index in [2.05, 4.69) is 35.5 Å². The van der Waals surface area contributed by atoms with Crippen LogP contribution in [0.5, 0.6) is 0 Å². The predicted octanol–water partition coefficient (Wildman–Crippen LogP) is 4.33. The summed E-state index contributed by atoms with van der Waals surface area (Å²) >= 11 is 9.35. The zero-order valence-electron chi connectivity index (χ0n) is 8.65. The number of rotatable bonds is 5. The van der Waals surface area contributed by atoms with Crippen molar-refractivity contribution in [2.75, 3.05) is 6.54 Å².